The zero-order valence-corrected chi connectivity index (χ0v) is 20.4. The molecule has 32 heavy (non-hydrogen) atoms. The monoisotopic (exact) mass is 458 g/mol. The molecule has 1 heterocycles. The molecule has 1 radical (unpaired) electrons. The van der Waals surface area contributed by atoms with Gasteiger partial charge in [0.15, 0.2) is 12.4 Å². The standard InChI is InChI=1S/C22H29NO8.Na/c1-12(2)23-10-14(11-29-16-9-5-7-13-6-3-4-8-15(13)16)30-22-19(26)17(24)18(25)20(31-22)21(27)28;/h3-9,12,14,17-20,22-26H,10-11H2,1-2H3,(H,27,28);/t14-,17+,18+,19-,20+,22-;/m1./s1. The zero-order valence-electron chi connectivity index (χ0n) is 18.4. The van der Waals surface area contributed by atoms with Crippen molar-refractivity contribution < 1.29 is 39.4 Å². The summed E-state index contributed by atoms with van der Waals surface area (Å²) in [7, 11) is 0. The minimum Gasteiger partial charge on any atom is -0.490 e. The summed E-state index contributed by atoms with van der Waals surface area (Å²) in [6.45, 7) is 4.31. The summed E-state index contributed by atoms with van der Waals surface area (Å²) in [6, 6.07) is 13.6. The van der Waals surface area contributed by atoms with E-state index in [2.05, 4.69) is 5.32 Å². The number of fused-ring (bicyclic) bond motifs is 1. The maximum Gasteiger partial charge on any atom is 0.335 e. The molecule has 2 aromatic carbocycles. The summed E-state index contributed by atoms with van der Waals surface area (Å²) in [4.78, 5) is 11.3. The molecule has 0 spiro atoms. The largest absolute Gasteiger partial charge is 0.490 e. The van der Waals surface area contributed by atoms with Gasteiger partial charge in [-0.1, -0.05) is 50.2 Å². The Labute approximate surface area is 208 Å². The smallest absolute Gasteiger partial charge is 0.335 e. The van der Waals surface area contributed by atoms with E-state index < -0.39 is 42.8 Å². The molecular weight excluding hydrogens is 429 g/mol. The van der Waals surface area contributed by atoms with Gasteiger partial charge in [-0.25, -0.2) is 4.79 Å². The van der Waals surface area contributed by atoms with E-state index in [9.17, 15) is 25.2 Å². The fourth-order valence-electron chi connectivity index (χ4n) is 3.37. The third kappa shape index (κ3) is 6.63. The van der Waals surface area contributed by atoms with Crippen LogP contribution in [0.2, 0.25) is 0 Å². The van der Waals surface area contributed by atoms with Gasteiger partial charge in [-0.15, -0.1) is 0 Å². The normalized spacial score (nSPS) is 26.5. The van der Waals surface area contributed by atoms with Crippen molar-refractivity contribution in [2.45, 2.75) is 56.7 Å². The molecule has 9 nitrogen and oxygen atoms in total. The number of aliphatic hydroxyl groups is 3. The number of carboxylic acid groups (broad SMARTS) is 1. The maximum absolute atomic E-state index is 11.3. The Morgan fingerprint density at radius 3 is 2.44 bits per heavy atom. The summed E-state index contributed by atoms with van der Waals surface area (Å²) in [5.74, 6) is -0.809. The number of aliphatic hydroxyl groups excluding tert-OH is 3. The van der Waals surface area contributed by atoms with E-state index in [1.165, 1.54) is 0 Å². The molecule has 1 aliphatic rings. The van der Waals surface area contributed by atoms with E-state index >= 15 is 0 Å². The van der Waals surface area contributed by atoms with E-state index in [0.717, 1.165) is 10.8 Å². The first-order valence-corrected chi connectivity index (χ1v) is 10.2. The summed E-state index contributed by atoms with van der Waals surface area (Å²) < 4.78 is 17.0. The number of carbonyl (C=O) groups is 1. The second-order valence-corrected chi connectivity index (χ2v) is 7.84. The Morgan fingerprint density at radius 1 is 1.06 bits per heavy atom. The molecule has 0 aromatic heterocycles. The minimum atomic E-state index is -1.77. The van der Waals surface area contributed by atoms with E-state index in [1.54, 1.807) is 0 Å². The number of aliphatic carboxylic acids is 1. The number of ether oxygens (including phenoxy) is 3. The Balaban J connectivity index is 0.00000363. The topological polar surface area (TPSA) is 138 Å². The van der Waals surface area contributed by atoms with Crippen molar-refractivity contribution in [3.63, 3.8) is 0 Å². The van der Waals surface area contributed by atoms with Crippen molar-refractivity contribution in [3.8, 4) is 5.75 Å². The molecule has 2 aromatic rings. The molecule has 3 rings (SSSR count). The molecule has 0 saturated carbocycles. The van der Waals surface area contributed by atoms with Gasteiger partial charge in [-0.05, 0) is 11.5 Å². The molecule has 5 N–H and O–H groups in total. The van der Waals surface area contributed by atoms with E-state index in [-0.39, 0.29) is 42.2 Å². The van der Waals surface area contributed by atoms with Gasteiger partial charge in [0.25, 0.3) is 0 Å². The second-order valence-electron chi connectivity index (χ2n) is 7.84. The SMILES string of the molecule is CC(C)NC[C@H](COc1cccc2ccccc12)O[C@@H]1O[C@H](C(=O)O)[C@@H](O)[C@H](O)[C@H]1O.[Na]. The Hall–Kier alpha value is -1.27. The van der Waals surface area contributed by atoms with E-state index in [4.69, 9.17) is 14.2 Å². The third-order valence-electron chi connectivity index (χ3n) is 5.07. The van der Waals surface area contributed by atoms with Crippen LogP contribution in [0.25, 0.3) is 10.8 Å². The van der Waals surface area contributed by atoms with Crippen LogP contribution >= 0.6 is 0 Å². The number of benzene rings is 2. The molecule has 0 unspecified atom stereocenters. The molecule has 1 fully saturated rings. The number of carboxylic acids is 1. The van der Waals surface area contributed by atoms with Crippen LogP contribution in [0.1, 0.15) is 13.8 Å². The third-order valence-corrected chi connectivity index (χ3v) is 5.07. The van der Waals surface area contributed by atoms with Gasteiger partial charge in [0.1, 0.15) is 36.8 Å². The first kappa shape index (κ1) is 27.0. The summed E-state index contributed by atoms with van der Waals surface area (Å²) >= 11 is 0. The number of rotatable bonds is 9. The minimum absolute atomic E-state index is 0. The predicted octanol–water partition coefficient (Wildman–Crippen LogP) is 0.113. The van der Waals surface area contributed by atoms with Crippen LogP contribution in [-0.2, 0) is 14.3 Å². The van der Waals surface area contributed by atoms with Crippen LogP contribution in [-0.4, -0.2) is 112 Å². The van der Waals surface area contributed by atoms with Crippen molar-refractivity contribution in [2.24, 2.45) is 0 Å². The average Bonchev–Trinajstić information content (AvgIpc) is 2.75. The molecule has 1 saturated heterocycles. The maximum atomic E-state index is 11.3. The molecule has 6 atom stereocenters. The molecule has 0 aliphatic carbocycles. The Morgan fingerprint density at radius 2 is 1.75 bits per heavy atom. The van der Waals surface area contributed by atoms with Crippen LogP contribution < -0.4 is 10.1 Å². The van der Waals surface area contributed by atoms with Gasteiger partial charge < -0.3 is 40.0 Å². The molecule has 1 aliphatic heterocycles. The van der Waals surface area contributed by atoms with Crippen LogP contribution in [0.4, 0.5) is 0 Å². The fraction of sp³-hybridized carbons (Fsp3) is 0.500. The van der Waals surface area contributed by atoms with Gasteiger partial charge in [-0.2, -0.15) is 0 Å². The molecule has 10 heteroatoms. The molecular formula is C22H29NNaO8. The van der Waals surface area contributed by atoms with Crippen molar-refractivity contribution in [1.82, 2.24) is 5.32 Å². The molecule has 0 amide bonds. The number of nitrogens with one attached hydrogen (secondary N) is 1. The number of hydrogen-bond acceptors (Lipinski definition) is 8. The summed E-state index contributed by atoms with van der Waals surface area (Å²) in [6.07, 6.45) is -8.93. The quantitative estimate of drug-likeness (QED) is 0.332. The summed E-state index contributed by atoms with van der Waals surface area (Å²) in [5, 5.41) is 44.5. The van der Waals surface area contributed by atoms with Gasteiger partial charge in [-0.3, -0.25) is 0 Å². The van der Waals surface area contributed by atoms with Crippen LogP contribution in [0.15, 0.2) is 42.5 Å². The first-order valence-electron chi connectivity index (χ1n) is 10.2. The van der Waals surface area contributed by atoms with Crippen molar-refractivity contribution in [2.75, 3.05) is 13.2 Å². The van der Waals surface area contributed by atoms with Gasteiger partial charge >= 0.3 is 5.97 Å². The van der Waals surface area contributed by atoms with Crippen molar-refractivity contribution >= 4 is 46.3 Å². The molecule has 0 bridgehead atoms. The number of hydrogen-bond donors (Lipinski definition) is 5. The van der Waals surface area contributed by atoms with Crippen molar-refractivity contribution in [1.29, 1.82) is 0 Å². The van der Waals surface area contributed by atoms with Gasteiger partial charge in [0.2, 0.25) is 0 Å². The second kappa shape index (κ2) is 12.3. The van der Waals surface area contributed by atoms with Crippen molar-refractivity contribution in [3.05, 3.63) is 42.5 Å². The van der Waals surface area contributed by atoms with Crippen LogP contribution in [0.3, 0.4) is 0 Å². The van der Waals surface area contributed by atoms with E-state index in [1.807, 2.05) is 56.3 Å². The van der Waals surface area contributed by atoms with Crippen LogP contribution in [0.5, 0.6) is 5.75 Å². The summed E-state index contributed by atoms with van der Waals surface area (Å²) in [5.41, 5.74) is 0. The van der Waals surface area contributed by atoms with E-state index in [0.29, 0.717) is 12.3 Å². The Bertz CT molecular complexity index is 877. The molecule has 171 valence electrons. The Kier molecular flexibility index (Phi) is 10.3. The predicted molar refractivity (Wildman–Crippen MR) is 118 cm³/mol. The van der Waals surface area contributed by atoms with Gasteiger partial charge in [0.05, 0.1) is 0 Å². The zero-order chi connectivity index (χ0) is 22.5. The average molecular weight is 458 g/mol. The van der Waals surface area contributed by atoms with Gasteiger partial charge in [0, 0.05) is 47.5 Å². The first-order chi connectivity index (χ1) is 14.8. The fourth-order valence-corrected chi connectivity index (χ4v) is 3.37. The van der Waals surface area contributed by atoms with Crippen LogP contribution in [0, 0.1) is 0 Å².